The van der Waals surface area contributed by atoms with Gasteiger partial charge < -0.3 is 15.3 Å². The summed E-state index contributed by atoms with van der Waals surface area (Å²) in [6.45, 7) is 8.89. The number of aromatic nitrogens is 3. The fourth-order valence-corrected chi connectivity index (χ4v) is 9.93. The molecule has 46 heavy (non-hydrogen) atoms. The number of anilines is 3. The maximum absolute atomic E-state index is 14.8. The van der Waals surface area contributed by atoms with Crippen LogP contribution < -0.4 is 15.8 Å². The highest BCUT2D eigenvalue weighted by molar-refractivity contribution is 6.33. The molecule has 0 atom stereocenters. The molecule has 8 nitrogen and oxygen atoms in total. The molecule has 5 aliphatic rings. The zero-order chi connectivity index (χ0) is 31.6. The second-order valence-corrected chi connectivity index (χ2v) is 14.8. The molecule has 1 saturated heterocycles. The van der Waals surface area contributed by atoms with Crippen molar-refractivity contribution in [1.82, 2.24) is 19.4 Å². The molecule has 2 aromatic carbocycles. The Hall–Kier alpha value is -3.46. The average Bonchev–Trinajstić information content (AvgIpc) is 3.02. The summed E-state index contributed by atoms with van der Waals surface area (Å²) in [5.41, 5.74) is 6.18. The number of nitrogens with one attached hydrogen (secondary N) is 1. The average molecular weight is 639 g/mol. The van der Waals surface area contributed by atoms with Crippen LogP contribution in [0, 0.1) is 31.6 Å². The number of pyridine rings is 1. The molecule has 9 rings (SSSR count). The van der Waals surface area contributed by atoms with Crippen LogP contribution in [0.2, 0.25) is 5.02 Å². The zero-order valence-corrected chi connectivity index (χ0v) is 27.6. The van der Waals surface area contributed by atoms with Crippen LogP contribution in [0.5, 0.6) is 0 Å². The van der Waals surface area contributed by atoms with Gasteiger partial charge in [0.1, 0.15) is 5.65 Å². The summed E-state index contributed by atoms with van der Waals surface area (Å²) in [5.74, 6) is 2.53. The van der Waals surface area contributed by atoms with Crippen LogP contribution in [0.4, 0.5) is 17.3 Å². The summed E-state index contributed by atoms with van der Waals surface area (Å²) in [6, 6.07) is 14.1. The van der Waals surface area contributed by atoms with Crippen LogP contribution in [0.25, 0.3) is 22.2 Å². The van der Waals surface area contributed by atoms with Crippen molar-refractivity contribution in [3.63, 3.8) is 0 Å². The fourth-order valence-electron chi connectivity index (χ4n) is 9.70. The lowest BCUT2D eigenvalue weighted by Gasteiger charge is -2.57. The van der Waals surface area contributed by atoms with Gasteiger partial charge in [0.05, 0.1) is 17.7 Å². The van der Waals surface area contributed by atoms with Crippen molar-refractivity contribution < 1.29 is 5.11 Å². The molecule has 0 amide bonds. The van der Waals surface area contributed by atoms with Crippen molar-refractivity contribution >= 4 is 40.0 Å². The number of aryl methyl sites for hydroxylation is 2. The Morgan fingerprint density at radius 3 is 2.33 bits per heavy atom. The summed E-state index contributed by atoms with van der Waals surface area (Å²) in [7, 11) is 0. The molecule has 4 aliphatic carbocycles. The normalized spacial score (nSPS) is 25.8. The number of hydrogen-bond acceptors (Lipinski definition) is 7. The first-order valence-electron chi connectivity index (χ1n) is 17.0. The van der Waals surface area contributed by atoms with E-state index >= 15 is 0 Å². The monoisotopic (exact) mass is 638 g/mol. The van der Waals surface area contributed by atoms with Crippen molar-refractivity contribution in [1.29, 1.82) is 0 Å². The largest absolute Gasteiger partial charge is 0.395 e. The molecule has 0 spiro atoms. The number of aliphatic hydroxyl groups is 1. The summed E-state index contributed by atoms with van der Waals surface area (Å²) < 4.78 is 2.09. The Balaban J connectivity index is 1.19. The van der Waals surface area contributed by atoms with E-state index in [1.807, 2.05) is 37.4 Å². The van der Waals surface area contributed by atoms with Gasteiger partial charge in [-0.1, -0.05) is 29.8 Å². The van der Waals surface area contributed by atoms with E-state index in [-0.39, 0.29) is 17.7 Å². The van der Waals surface area contributed by atoms with Crippen LogP contribution in [0.3, 0.4) is 0 Å². The van der Waals surface area contributed by atoms with Gasteiger partial charge in [0, 0.05) is 66.3 Å². The lowest BCUT2D eigenvalue weighted by Crippen LogP contribution is -2.55. The summed E-state index contributed by atoms with van der Waals surface area (Å²) in [5, 5.41) is 14.3. The zero-order valence-electron chi connectivity index (χ0n) is 26.8. The summed E-state index contributed by atoms with van der Waals surface area (Å²) >= 11 is 6.73. The van der Waals surface area contributed by atoms with Crippen molar-refractivity contribution in [2.45, 2.75) is 57.9 Å². The van der Waals surface area contributed by atoms with E-state index in [4.69, 9.17) is 21.6 Å². The first-order chi connectivity index (χ1) is 22.3. The fraction of sp³-hybridized carbons (Fsp3) is 0.486. The molecule has 2 N–H and O–H groups in total. The maximum Gasteiger partial charge on any atom is 0.260 e. The minimum absolute atomic E-state index is 0.0176. The second-order valence-electron chi connectivity index (χ2n) is 14.4. The van der Waals surface area contributed by atoms with Crippen molar-refractivity contribution in [3.8, 4) is 11.1 Å². The third-order valence-electron chi connectivity index (χ3n) is 11.4. The van der Waals surface area contributed by atoms with Gasteiger partial charge in [0.15, 0.2) is 0 Å². The van der Waals surface area contributed by atoms with E-state index in [9.17, 15) is 9.90 Å². The minimum atomic E-state index is -0.223. The van der Waals surface area contributed by atoms with Crippen molar-refractivity contribution in [3.05, 3.63) is 75.2 Å². The van der Waals surface area contributed by atoms with Gasteiger partial charge in [0.25, 0.3) is 5.56 Å². The highest BCUT2D eigenvalue weighted by Gasteiger charge is 2.53. The number of β-amino-alcohol motifs (C(OH)–C–C–N with tert-alkyl or cyclic N) is 1. The van der Waals surface area contributed by atoms with Crippen LogP contribution in [-0.2, 0) is 5.54 Å². The second kappa shape index (κ2) is 11.7. The van der Waals surface area contributed by atoms with Gasteiger partial charge in [-0.15, -0.1) is 0 Å². The van der Waals surface area contributed by atoms with E-state index in [0.717, 1.165) is 79.8 Å². The summed E-state index contributed by atoms with van der Waals surface area (Å²) in [4.78, 5) is 29.5. The van der Waals surface area contributed by atoms with Crippen LogP contribution in [-0.4, -0.2) is 63.9 Å². The number of halogens is 1. The number of rotatable bonds is 7. The minimum Gasteiger partial charge on any atom is -0.395 e. The van der Waals surface area contributed by atoms with Gasteiger partial charge in [-0.05, 0) is 106 Å². The molecule has 2 aromatic heterocycles. The Kier molecular flexibility index (Phi) is 7.58. The molecular formula is C37H43ClN6O2. The van der Waals surface area contributed by atoms with E-state index in [1.54, 1.807) is 0 Å². The number of benzene rings is 2. The highest BCUT2D eigenvalue weighted by atomic mass is 35.5. The van der Waals surface area contributed by atoms with E-state index in [1.165, 1.54) is 30.5 Å². The molecule has 3 heterocycles. The van der Waals surface area contributed by atoms with Gasteiger partial charge in [-0.3, -0.25) is 14.3 Å². The molecule has 1 aliphatic heterocycles. The number of nitrogens with zero attached hydrogens (tertiary/aromatic N) is 5. The predicted octanol–water partition coefficient (Wildman–Crippen LogP) is 6.51. The van der Waals surface area contributed by atoms with E-state index in [2.05, 4.69) is 44.8 Å². The molecular weight excluding hydrogens is 596 g/mol. The molecule has 240 valence electrons. The number of aliphatic hydroxyl groups excluding tert-OH is 1. The van der Waals surface area contributed by atoms with Crippen molar-refractivity contribution in [2.24, 2.45) is 17.8 Å². The molecule has 4 aromatic rings. The number of piperazine rings is 1. The topological polar surface area (TPSA) is 86.5 Å². The highest BCUT2D eigenvalue weighted by Crippen LogP contribution is 2.59. The van der Waals surface area contributed by atoms with Crippen LogP contribution >= 0.6 is 11.6 Å². The number of fused-ring (bicyclic) bond motifs is 1. The standard InChI is InChI=1S/C37H43ClN6O2/c1-23-15-28(7-8-32(23)43-11-9-42(10-12-43)13-14-45)40-36-39-22-30-24(2)33(29-5-3-4-6-31(29)38)35(46)44(34(30)41-36)37-19-25-16-26(20-37)18-27(17-25)21-37/h3-8,15,22,25-27,45H,9-14,16-21H2,1-2H3,(H,39,40,41). The lowest BCUT2D eigenvalue weighted by molar-refractivity contribution is -0.0426. The molecule has 4 bridgehead atoms. The van der Waals surface area contributed by atoms with Gasteiger partial charge in [-0.2, -0.15) is 4.98 Å². The Morgan fingerprint density at radius 1 is 0.978 bits per heavy atom. The predicted molar refractivity (Wildman–Crippen MR) is 185 cm³/mol. The Morgan fingerprint density at radius 2 is 1.67 bits per heavy atom. The quantitative estimate of drug-likeness (QED) is 0.239. The summed E-state index contributed by atoms with van der Waals surface area (Å²) in [6.07, 6.45) is 8.91. The van der Waals surface area contributed by atoms with E-state index in [0.29, 0.717) is 34.3 Å². The van der Waals surface area contributed by atoms with Crippen LogP contribution in [0.1, 0.15) is 49.7 Å². The SMILES string of the molecule is Cc1cc(Nc2ncc3c(C)c(-c4ccccc4Cl)c(=O)n(C45CC6CC(CC(C6)C4)C5)c3n2)ccc1N1CCN(CCO)CC1. The lowest BCUT2D eigenvalue weighted by atomic mass is 9.53. The first kappa shape index (κ1) is 29.9. The third kappa shape index (κ3) is 5.09. The molecule has 0 radical (unpaired) electrons. The maximum atomic E-state index is 14.8. The number of hydrogen-bond donors (Lipinski definition) is 2. The molecule has 9 heteroatoms. The molecule has 0 unspecified atom stereocenters. The van der Waals surface area contributed by atoms with Gasteiger partial charge in [0.2, 0.25) is 5.95 Å². The Bertz CT molecular complexity index is 1830. The van der Waals surface area contributed by atoms with Gasteiger partial charge >= 0.3 is 0 Å². The molecule has 5 fully saturated rings. The van der Waals surface area contributed by atoms with Crippen LogP contribution in [0.15, 0.2) is 53.5 Å². The first-order valence-corrected chi connectivity index (χ1v) is 17.3. The van der Waals surface area contributed by atoms with Crippen molar-refractivity contribution in [2.75, 3.05) is 49.5 Å². The Labute approximate surface area is 275 Å². The van der Waals surface area contributed by atoms with Gasteiger partial charge in [-0.25, -0.2) is 4.98 Å². The molecule has 4 saturated carbocycles. The van der Waals surface area contributed by atoms with E-state index < -0.39 is 0 Å². The smallest absolute Gasteiger partial charge is 0.260 e. The third-order valence-corrected chi connectivity index (χ3v) is 11.7.